The van der Waals surface area contributed by atoms with E-state index in [2.05, 4.69) is 31.1 Å². The third-order valence-corrected chi connectivity index (χ3v) is 5.18. The Labute approximate surface area is 107 Å². The van der Waals surface area contributed by atoms with Crippen LogP contribution in [0.2, 0.25) is 0 Å². The Morgan fingerprint density at radius 1 is 0.941 bits per heavy atom. The Hall–Kier alpha value is -0.0800. The average Bonchev–Trinajstić information content (AvgIpc) is 2.57. The molecule has 1 heterocycles. The maximum absolute atomic E-state index is 3.58. The molecule has 4 atom stereocenters. The molecule has 2 rings (SSSR count). The normalized spacial score (nSPS) is 41.1. The van der Waals surface area contributed by atoms with E-state index in [4.69, 9.17) is 0 Å². The van der Waals surface area contributed by atoms with Gasteiger partial charge in [-0.3, -0.25) is 4.90 Å². The van der Waals surface area contributed by atoms with Gasteiger partial charge in [0.1, 0.15) is 0 Å². The molecule has 100 valence electrons. The van der Waals surface area contributed by atoms with Gasteiger partial charge in [0, 0.05) is 18.6 Å². The molecule has 0 bridgehead atoms. The van der Waals surface area contributed by atoms with Gasteiger partial charge < -0.3 is 5.32 Å². The zero-order valence-electron chi connectivity index (χ0n) is 11.9. The number of rotatable bonds is 2. The maximum atomic E-state index is 3.58. The van der Waals surface area contributed by atoms with Gasteiger partial charge in [0.2, 0.25) is 0 Å². The Balaban J connectivity index is 1.98. The van der Waals surface area contributed by atoms with Gasteiger partial charge in [-0.15, -0.1) is 0 Å². The summed E-state index contributed by atoms with van der Waals surface area (Å²) in [4.78, 5) is 2.79. The summed E-state index contributed by atoms with van der Waals surface area (Å²) >= 11 is 0. The van der Waals surface area contributed by atoms with Gasteiger partial charge in [-0.25, -0.2) is 0 Å². The first-order valence-electron chi connectivity index (χ1n) is 7.63. The van der Waals surface area contributed by atoms with E-state index < -0.39 is 0 Å². The zero-order valence-corrected chi connectivity index (χ0v) is 11.9. The second-order valence-corrected chi connectivity index (χ2v) is 6.34. The number of nitrogens with one attached hydrogen (secondary N) is 1. The molecule has 0 radical (unpaired) electrons. The first-order valence-corrected chi connectivity index (χ1v) is 7.63. The largest absolute Gasteiger partial charge is 0.315 e. The fraction of sp³-hybridized carbons (Fsp3) is 1.00. The lowest BCUT2D eigenvalue weighted by atomic mass is 9.86. The van der Waals surface area contributed by atoms with Crippen molar-refractivity contribution >= 4 is 0 Å². The number of likely N-dealkylation sites (tertiary alicyclic amines) is 1. The van der Waals surface area contributed by atoms with Crippen LogP contribution in [0.3, 0.4) is 0 Å². The first kappa shape index (κ1) is 13.4. The lowest BCUT2D eigenvalue weighted by Gasteiger charge is -2.42. The van der Waals surface area contributed by atoms with Crippen molar-refractivity contribution in [2.75, 3.05) is 20.1 Å². The highest BCUT2D eigenvalue weighted by molar-refractivity contribution is 4.89. The van der Waals surface area contributed by atoms with Crippen molar-refractivity contribution in [3.63, 3.8) is 0 Å². The van der Waals surface area contributed by atoms with Crippen LogP contribution in [0, 0.1) is 11.8 Å². The Bertz CT molecular complexity index is 229. The lowest BCUT2D eigenvalue weighted by Crippen LogP contribution is -2.52. The number of hydrogen-bond acceptors (Lipinski definition) is 2. The molecular formula is C15H30N2. The van der Waals surface area contributed by atoms with Crippen molar-refractivity contribution in [3.05, 3.63) is 0 Å². The molecule has 17 heavy (non-hydrogen) atoms. The Morgan fingerprint density at radius 2 is 1.71 bits per heavy atom. The van der Waals surface area contributed by atoms with Crippen LogP contribution in [0.5, 0.6) is 0 Å². The van der Waals surface area contributed by atoms with E-state index in [9.17, 15) is 0 Å². The molecule has 0 aromatic heterocycles. The van der Waals surface area contributed by atoms with Gasteiger partial charge in [0.25, 0.3) is 0 Å². The first-order chi connectivity index (χ1) is 8.22. The molecule has 2 fully saturated rings. The summed E-state index contributed by atoms with van der Waals surface area (Å²) in [5.41, 5.74) is 0. The lowest BCUT2D eigenvalue weighted by molar-refractivity contribution is 0.0735. The molecule has 2 nitrogen and oxygen atoms in total. The summed E-state index contributed by atoms with van der Waals surface area (Å²) in [5.74, 6) is 1.80. The topological polar surface area (TPSA) is 15.3 Å². The van der Waals surface area contributed by atoms with Crippen LogP contribution in [0.25, 0.3) is 0 Å². The standard InChI is InChI=1S/C15H30N2/c1-12-9-10-17(11-13(12)2)15-8-6-4-5-7-14(15)16-3/h12-16H,4-11H2,1-3H3. The minimum Gasteiger partial charge on any atom is -0.315 e. The fourth-order valence-electron chi connectivity index (χ4n) is 3.66. The number of piperidine rings is 1. The number of nitrogens with zero attached hydrogens (tertiary/aromatic N) is 1. The van der Waals surface area contributed by atoms with Gasteiger partial charge in [-0.05, 0) is 44.7 Å². The summed E-state index contributed by atoms with van der Waals surface area (Å²) < 4.78 is 0. The van der Waals surface area contributed by atoms with E-state index in [1.807, 2.05) is 0 Å². The summed E-state index contributed by atoms with van der Waals surface area (Å²) in [6.45, 7) is 7.50. The van der Waals surface area contributed by atoms with Gasteiger partial charge in [-0.2, -0.15) is 0 Å². The van der Waals surface area contributed by atoms with Crippen LogP contribution in [0.15, 0.2) is 0 Å². The van der Waals surface area contributed by atoms with E-state index in [-0.39, 0.29) is 0 Å². The minimum absolute atomic E-state index is 0.734. The molecule has 4 unspecified atom stereocenters. The molecule has 1 aliphatic carbocycles. The van der Waals surface area contributed by atoms with Crippen molar-refractivity contribution in [3.8, 4) is 0 Å². The maximum Gasteiger partial charge on any atom is 0.0249 e. The number of hydrogen-bond donors (Lipinski definition) is 1. The van der Waals surface area contributed by atoms with Crippen LogP contribution in [-0.4, -0.2) is 37.1 Å². The second-order valence-electron chi connectivity index (χ2n) is 6.34. The SMILES string of the molecule is CNC1CCCCCC1N1CCC(C)C(C)C1. The van der Waals surface area contributed by atoms with Crippen LogP contribution < -0.4 is 5.32 Å². The van der Waals surface area contributed by atoms with Gasteiger partial charge >= 0.3 is 0 Å². The fourth-order valence-corrected chi connectivity index (χ4v) is 3.66. The van der Waals surface area contributed by atoms with Crippen molar-refractivity contribution < 1.29 is 0 Å². The summed E-state index contributed by atoms with van der Waals surface area (Å²) in [5, 5.41) is 3.58. The molecule has 0 amide bonds. The summed E-state index contributed by atoms with van der Waals surface area (Å²) in [6, 6.07) is 1.54. The molecule has 1 saturated heterocycles. The quantitative estimate of drug-likeness (QED) is 0.744. The smallest absolute Gasteiger partial charge is 0.0249 e. The van der Waals surface area contributed by atoms with E-state index in [1.165, 1.54) is 51.6 Å². The van der Waals surface area contributed by atoms with E-state index in [0.717, 1.165) is 23.9 Å². The number of likely N-dealkylation sites (N-methyl/N-ethyl adjacent to an activating group) is 1. The minimum atomic E-state index is 0.734. The molecule has 1 aliphatic heterocycles. The third kappa shape index (κ3) is 3.23. The van der Waals surface area contributed by atoms with E-state index >= 15 is 0 Å². The molecule has 0 spiro atoms. The predicted molar refractivity (Wildman–Crippen MR) is 74.2 cm³/mol. The molecular weight excluding hydrogens is 208 g/mol. The average molecular weight is 238 g/mol. The van der Waals surface area contributed by atoms with Crippen LogP contribution in [0.4, 0.5) is 0 Å². The molecule has 2 aliphatic rings. The summed E-state index contributed by atoms with van der Waals surface area (Å²) in [6.07, 6.45) is 8.47. The molecule has 0 aromatic carbocycles. The molecule has 1 N–H and O–H groups in total. The molecule has 1 saturated carbocycles. The van der Waals surface area contributed by atoms with Crippen LogP contribution in [-0.2, 0) is 0 Å². The Kier molecular flexibility index (Phi) is 4.87. The van der Waals surface area contributed by atoms with Crippen molar-refractivity contribution in [2.45, 2.75) is 64.5 Å². The van der Waals surface area contributed by atoms with Gasteiger partial charge in [-0.1, -0.05) is 33.1 Å². The highest BCUT2D eigenvalue weighted by atomic mass is 15.2. The van der Waals surface area contributed by atoms with Crippen LogP contribution in [0.1, 0.15) is 52.4 Å². The van der Waals surface area contributed by atoms with Crippen LogP contribution >= 0.6 is 0 Å². The zero-order chi connectivity index (χ0) is 12.3. The Morgan fingerprint density at radius 3 is 2.41 bits per heavy atom. The highest BCUT2D eigenvalue weighted by Gasteiger charge is 2.32. The summed E-state index contributed by atoms with van der Waals surface area (Å²) in [7, 11) is 2.15. The van der Waals surface area contributed by atoms with Gasteiger partial charge in [0.05, 0.1) is 0 Å². The van der Waals surface area contributed by atoms with E-state index in [1.54, 1.807) is 0 Å². The second kappa shape index (κ2) is 6.19. The monoisotopic (exact) mass is 238 g/mol. The van der Waals surface area contributed by atoms with Crippen molar-refractivity contribution in [2.24, 2.45) is 11.8 Å². The van der Waals surface area contributed by atoms with Crippen molar-refractivity contribution in [1.82, 2.24) is 10.2 Å². The highest BCUT2D eigenvalue weighted by Crippen LogP contribution is 2.29. The molecule has 0 aromatic rings. The van der Waals surface area contributed by atoms with Crippen molar-refractivity contribution in [1.29, 1.82) is 0 Å². The van der Waals surface area contributed by atoms with Gasteiger partial charge in [0.15, 0.2) is 0 Å². The third-order valence-electron chi connectivity index (χ3n) is 5.18. The predicted octanol–water partition coefficient (Wildman–Crippen LogP) is 2.89. The van der Waals surface area contributed by atoms with E-state index in [0.29, 0.717) is 0 Å². The molecule has 2 heteroatoms.